The largest absolute Gasteiger partial charge is 0.497 e. The van der Waals surface area contributed by atoms with Gasteiger partial charge in [0.2, 0.25) is 6.23 Å². The Balaban J connectivity index is 1.55. The number of aliphatic hydroxyl groups excluding tert-OH is 1. The molecule has 2 aliphatic rings. The van der Waals surface area contributed by atoms with Crippen LogP contribution < -0.4 is 14.8 Å². The number of quaternary nitrogens is 1. The fourth-order valence-electron chi connectivity index (χ4n) is 7.24. The number of hydrogen-bond donors (Lipinski definition) is 2. The van der Waals surface area contributed by atoms with Gasteiger partial charge < -0.3 is 24.1 Å². The van der Waals surface area contributed by atoms with Crippen molar-refractivity contribution in [1.82, 2.24) is 5.32 Å². The summed E-state index contributed by atoms with van der Waals surface area (Å²) in [4.78, 5) is 41.1. The van der Waals surface area contributed by atoms with Crippen LogP contribution in [0, 0.1) is 0 Å². The number of methoxy groups -OCH3 is 2. The number of amides is 4. The number of nitrogens with one attached hydrogen (secondary N) is 1. The van der Waals surface area contributed by atoms with Gasteiger partial charge in [-0.25, -0.2) is 14.9 Å². The highest BCUT2D eigenvalue weighted by Gasteiger charge is 2.62. The Kier molecular flexibility index (Phi) is 9.99. The van der Waals surface area contributed by atoms with Gasteiger partial charge in [-0.05, 0) is 66.9 Å². The van der Waals surface area contributed by atoms with E-state index in [9.17, 15) is 19.5 Å². The van der Waals surface area contributed by atoms with Crippen LogP contribution in [0.3, 0.4) is 0 Å². The average molecular weight is 678 g/mol. The highest BCUT2D eigenvalue weighted by molar-refractivity contribution is 6.08. The first-order chi connectivity index (χ1) is 24.2. The Morgan fingerprint density at radius 3 is 1.90 bits per heavy atom. The van der Waals surface area contributed by atoms with Crippen LogP contribution in [0.2, 0.25) is 0 Å². The summed E-state index contributed by atoms with van der Waals surface area (Å²) in [6.45, 7) is 3.66. The lowest BCUT2D eigenvalue weighted by Gasteiger charge is -2.43. The van der Waals surface area contributed by atoms with Crippen LogP contribution in [0.4, 0.5) is 4.79 Å². The van der Waals surface area contributed by atoms with E-state index in [1.165, 1.54) is 6.20 Å². The minimum Gasteiger partial charge on any atom is -0.497 e. The second-order valence-electron chi connectivity index (χ2n) is 12.4. The average Bonchev–Trinajstić information content (AvgIpc) is 3.58. The molecule has 2 aliphatic heterocycles. The fourth-order valence-corrected chi connectivity index (χ4v) is 7.24. The Bertz CT molecular complexity index is 1810. The van der Waals surface area contributed by atoms with Crippen molar-refractivity contribution >= 4 is 17.8 Å². The van der Waals surface area contributed by atoms with Gasteiger partial charge in [0, 0.05) is 6.61 Å². The molecule has 2 N–H and O–H groups in total. The number of carbonyl (C=O) groups is 3. The Morgan fingerprint density at radius 2 is 1.38 bits per heavy atom. The molecule has 2 unspecified atom stereocenters. The topological polar surface area (TPSA) is 120 Å². The van der Waals surface area contributed by atoms with Crippen LogP contribution in [0.25, 0.3) is 0 Å². The van der Waals surface area contributed by atoms with Crippen molar-refractivity contribution in [3.63, 3.8) is 0 Å². The molecule has 0 aromatic heterocycles. The van der Waals surface area contributed by atoms with Crippen molar-refractivity contribution in [3.8, 4) is 11.5 Å². The minimum absolute atomic E-state index is 0.0651. The van der Waals surface area contributed by atoms with Gasteiger partial charge in [-0.3, -0.25) is 4.79 Å². The molecule has 1 saturated heterocycles. The Labute approximate surface area is 291 Å². The first-order valence-electron chi connectivity index (χ1n) is 16.5. The third kappa shape index (κ3) is 5.90. The highest BCUT2D eigenvalue weighted by atomic mass is 16.6. The second-order valence-corrected chi connectivity index (χ2v) is 12.4. The molecule has 5 atom stereocenters. The predicted molar refractivity (Wildman–Crippen MR) is 185 cm³/mol. The number of benzene rings is 4. The van der Waals surface area contributed by atoms with E-state index in [-0.39, 0.29) is 24.2 Å². The van der Waals surface area contributed by atoms with E-state index in [0.29, 0.717) is 11.5 Å². The van der Waals surface area contributed by atoms with Crippen LogP contribution in [0.5, 0.6) is 11.5 Å². The third-order valence-electron chi connectivity index (χ3n) is 9.69. The van der Waals surface area contributed by atoms with Crippen molar-refractivity contribution in [2.24, 2.45) is 0 Å². The molecule has 0 radical (unpaired) electrons. The predicted octanol–water partition coefficient (Wildman–Crippen LogP) is 5.73. The van der Waals surface area contributed by atoms with Crippen LogP contribution in [-0.4, -0.2) is 72.8 Å². The summed E-state index contributed by atoms with van der Waals surface area (Å²) in [6, 6.07) is 32.2. The van der Waals surface area contributed by atoms with Crippen molar-refractivity contribution in [2.75, 3.05) is 20.8 Å². The molecule has 2 heterocycles. The SMILES string of the molecule is CCO[C@H]1C[C@H]([N+]2(C(=O)c3ccccc3)C=C(C)C(=O)NC2=O)O[C@@H]1C(O)C(c1ccccc1)(c1ccc(OC)cc1)c1ccc(OC)cc1. The van der Waals surface area contributed by atoms with Crippen LogP contribution in [0.15, 0.2) is 121 Å². The summed E-state index contributed by atoms with van der Waals surface area (Å²) >= 11 is 0. The Hall–Kier alpha value is -5.13. The molecule has 0 bridgehead atoms. The number of carbonyl (C=O) groups excluding carboxylic acids is 3. The highest BCUT2D eigenvalue weighted by Crippen LogP contribution is 2.48. The molecule has 258 valence electrons. The van der Waals surface area contributed by atoms with E-state index in [4.69, 9.17) is 18.9 Å². The van der Waals surface area contributed by atoms with Gasteiger partial charge in [-0.1, -0.05) is 72.8 Å². The van der Waals surface area contributed by atoms with Crippen molar-refractivity contribution in [3.05, 3.63) is 143 Å². The van der Waals surface area contributed by atoms with Crippen molar-refractivity contribution in [2.45, 2.75) is 50.2 Å². The molecule has 4 amide bonds. The molecule has 10 nitrogen and oxygen atoms in total. The smallest absolute Gasteiger partial charge is 0.438 e. The Morgan fingerprint density at radius 1 is 0.860 bits per heavy atom. The lowest BCUT2D eigenvalue weighted by atomic mass is 9.64. The first-order valence-corrected chi connectivity index (χ1v) is 16.5. The number of nitrogens with zero attached hydrogens (tertiary/aromatic N) is 1. The standard InChI is InChI=1S/C40H40N2O8/c1-5-49-33-24-34(42(25-26(2)37(44)41-39(42)46)38(45)27-12-8-6-9-13-27)50-35(33)36(43)40(28-14-10-7-11-15-28,29-16-20-31(47-3)21-17-29)30-18-22-32(48-4)23-19-30/h6-23,25,33-36,43H,5,24H2,1-4H3/p+1/t33-,34+,35-,36?,42?/m0/s1. The second kappa shape index (κ2) is 14.4. The van der Waals surface area contributed by atoms with Crippen LogP contribution >= 0.6 is 0 Å². The van der Waals surface area contributed by atoms with E-state index < -0.39 is 52.3 Å². The number of imide groups is 2. The lowest BCUT2D eigenvalue weighted by molar-refractivity contribution is -0.773. The van der Waals surface area contributed by atoms with Crippen molar-refractivity contribution < 1.29 is 42.9 Å². The zero-order valence-electron chi connectivity index (χ0n) is 28.4. The minimum atomic E-state index is -1.33. The molecule has 1 fully saturated rings. The fraction of sp³-hybridized carbons (Fsp3) is 0.275. The number of urea groups is 1. The molecule has 4 aromatic rings. The quantitative estimate of drug-likeness (QED) is 0.153. The van der Waals surface area contributed by atoms with E-state index in [2.05, 4.69) is 5.32 Å². The maximum atomic E-state index is 14.4. The summed E-state index contributed by atoms with van der Waals surface area (Å²) in [5.41, 5.74) is 1.44. The third-order valence-corrected chi connectivity index (χ3v) is 9.69. The van der Waals surface area contributed by atoms with Gasteiger partial charge in [0.1, 0.15) is 29.9 Å². The number of aliphatic hydroxyl groups is 1. The summed E-state index contributed by atoms with van der Waals surface area (Å²) in [5.74, 6) is 0.110. The van der Waals surface area contributed by atoms with Gasteiger partial charge in [-0.15, -0.1) is 4.48 Å². The maximum Gasteiger partial charge on any atom is 0.438 e. The number of hydrogen-bond acceptors (Lipinski definition) is 8. The molecule has 10 heteroatoms. The van der Waals surface area contributed by atoms with E-state index >= 15 is 0 Å². The molecular weight excluding hydrogens is 636 g/mol. The number of rotatable bonds is 11. The number of ether oxygens (including phenoxy) is 4. The molecular formula is C40H41N2O8+. The van der Waals surface area contributed by atoms with E-state index in [1.807, 2.05) is 85.8 Å². The summed E-state index contributed by atoms with van der Waals surface area (Å²) in [5, 5.41) is 15.4. The lowest BCUT2D eigenvalue weighted by Crippen LogP contribution is -2.66. The van der Waals surface area contributed by atoms with E-state index in [0.717, 1.165) is 16.7 Å². The first kappa shape index (κ1) is 34.7. The zero-order chi connectivity index (χ0) is 35.5. The molecule has 50 heavy (non-hydrogen) atoms. The molecule has 0 spiro atoms. The van der Waals surface area contributed by atoms with Gasteiger partial charge in [0.15, 0.2) is 0 Å². The summed E-state index contributed by atoms with van der Waals surface area (Å²) < 4.78 is 23.1. The van der Waals surface area contributed by atoms with E-state index in [1.54, 1.807) is 51.5 Å². The molecule has 6 rings (SSSR count). The van der Waals surface area contributed by atoms with Gasteiger partial charge >= 0.3 is 11.9 Å². The van der Waals surface area contributed by atoms with Gasteiger partial charge in [0.25, 0.3) is 5.91 Å². The monoisotopic (exact) mass is 677 g/mol. The molecule has 0 saturated carbocycles. The maximum absolute atomic E-state index is 14.4. The van der Waals surface area contributed by atoms with Gasteiger partial charge in [0.05, 0.1) is 43.3 Å². The van der Waals surface area contributed by atoms with Gasteiger partial charge in [-0.2, -0.15) is 0 Å². The van der Waals surface area contributed by atoms with Crippen LogP contribution in [0.1, 0.15) is 47.3 Å². The zero-order valence-corrected chi connectivity index (χ0v) is 28.4. The van der Waals surface area contributed by atoms with Crippen LogP contribution in [-0.2, 0) is 19.7 Å². The summed E-state index contributed by atoms with van der Waals surface area (Å²) in [7, 11) is 3.18. The van der Waals surface area contributed by atoms with Crippen molar-refractivity contribution in [1.29, 1.82) is 0 Å². The molecule has 0 aliphatic carbocycles. The normalized spacial score (nSPS) is 22.7. The summed E-state index contributed by atoms with van der Waals surface area (Å²) in [6.07, 6.45) is -2.87. The molecule has 4 aromatic carbocycles.